The van der Waals surface area contributed by atoms with Crippen LogP contribution in [0.1, 0.15) is 30.9 Å². The Bertz CT molecular complexity index is 590. The summed E-state index contributed by atoms with van der Waals surface area (Å²) in [6, 6.07) is 20.2. The van der Waals surface area contributed by atoms with Crippen LogP contribution in [-0.2, 0) is 11.8 Å². The minimum absolute atomic E-state index is 0.333. The van der Waals surface area contributed by atoms with Crippen molar-refractivity contribution in [3.63, 3.8) is 0 Å². The number of halogens is 1. The molecule has 0 heterocycles. The molecule has 1 saturated carbocycles. The van der Waals surface area contributed by atoms with Gasteiger partial charge in [-0.25, -0.2) is 0 Å². The first-order valence-electron chi connectivity index (χ1n) is 7.78. The fraction of sp³-hybridized carbons (Fsp3) is 0.368. The minimum atomic E-state index is 0.333. The summed E-state index contributed by atoms with van der Waals surface area (Å²) >= 11 is 3.58. The molecule has 1 aliphatic rings. The SMILES string of the molecule is CCNC(Cc1cccc(Br)c1)C1(c2ccccc2)CC1. The monoisotopic (exact) mass is 343 g/mol. The fourth-order valence-corrected chi connectivity index (χ4v) is 3.80. The molecule has 0 spiro atoms. The topological polar surface area (TPSA) is 12.0 Å². The summed E-state index contributed by atoms with van der Waals surface area (Å²) < 4.78 is 1.17. The van der Waals surface area contributed by atoms with Gasteiger partial charge < -0.3 is 5.32 Å². The smallest absolute Gasteiger partial charge is 0.0204 e. The van der Waals surface area contributed by atoms with Gasteiger partial charge in [-0.3, -0.25) is 0 Å². The van der Waals surface area contributed by atoms with E-state index in [0.29, 0.717) is 11.5 Å². The van der Waals surface area contributed by atoms with E-state index in [9.17, 15) is 0 Å². The normalized spacial score (nSPS) is 17.4. The van der Waals surface area contributed by atoms with E-state index in [1.165, 1.54) is 28.4 Å². The van der Waals surface area contributed by atoms with E-state index in [1.54, 1.807) is 0 Å². The third kappa shape index (κ3) is 3.22. The Hall–Kier alpha value is -1.12. The van der Waals surface area contributed by atoms with Crippen LogP contribution in [0.15, 0.2) is 59.1 Å². The predicted molar refractivity (Wildman–Crippen MR) is 92.7 cm³/mol. The molecule has 1 atom stereocenters. The highest BCUT2D eigenvalue weighted by molar-refractivity contribution is 9.10. The second-order valence-corrected chi connectivity index (χ2v) is 6.88. The molecule has 3 rings (SSSR count). The van der Waals surface area contributed by atoms with Crippen molar-refractivity contribution in [2.45, 2.75) is 37.6 Å². The van der Waals surface area contributed by atoms with Gasteiger partial charge in [0.05, 0.1) is 0 Å². The first-order valence-corrected chi connectivity index (χ1v) is 8.57. The number of hydrogen-bond acceptors (Lipinski definition) is 1. The Kier molecular flexibility index (Phi) is 4.46. The lowest BCUT2D eigenvalue weighted by Crippen LogP contribution is -2.41. The molecule has 1 unspecified atom stereocenters. The molecule has 0 radical (unpaired) electrons. The fourth-order valence-electron chi connectivity index (χ4n) is 3.35. The molecule has 21 heavy (non-hydrogen) atoms. The third-order valence-electron chi connectivity index (χ3n) is 4.58. The van der Waals surface area contributed by atoms with Crippen molar-refractivity contribution in [2.75, 3.05) is 6.54 Å². The number of benzene rings is 2. The lowest BCUT2D eigenvalue weighted by molar-refractivity contribution is 0.421. The van der Waals surface area contributed by atoms with Crippen molar-refractivity contribution in [3.8, 4) is 0 Å². The number of rotatable bonds is 6. The van der Waals surface area contributed by atoms with E-state index in [4.69, 9.17) is 0 Å². The summed E-state index contributed by atoms with van der Waals surface area (Å²) in [6.45, 7) is 3.22. The van der Waals surface area contributed by atoms with Gasteiger partial charge in [-0.1, -0.05) is 65.3 Å². The molecule has 0 saturated heterocycles. The number of hydrogen-bond donors (Lipinski definition) is 1. The molecular formula is C19H22BrN. The average Bonchev–Trinajstić information content (AvgIpc) is 3.30. The van der Waals surface area contributed by atoms with Crippen molar-refractivity contribution >= 4 is 15.9 Å². The quantitative estimate of drug-likeness (QED) is 0.801. The summed E-state index contributed by atoms with van der Waals surface area (Å²) in [4.78, 5) is 0. The van der Waals surface area contributed by atoms with Crippen LogP contribution in [0.2, 0.25) is 0 Å². The van der Waals surface area contributed by atoms with E-state index < -0.39 is 0 Å². The second-order valence-electron chi connectivity index (χ2n) is 5.97. The van der Waals surface area contributed by atoms with Gasteiger partial charge in [-0.2, -0.15) is 0 Å². The van der Waals surface area contributed by atoms with Crippen molar-refractivity contribution in [1.82, 2.24) is 5.32 Å². The van der Waals surface area contributed by atoms with E-state index in [1.807, 2.05) is 0 Å². The van der Waals surface area contributed by atoms with Gasteiger partial charge in [-0.05, 0) is 49.1 Å². The number of nitrogens with one attached hydrogen (secondary N) is 1. The summed E-state index contributed by atoms with van der Waals surface area (Å²) in [6.07, 6.45) is 3.67. The largest absolute Gasteiger partial charge is 0.313 e. The van der Waals surface area contributed by atoms with Gasteiger partial charge in [0.15, 0.2) is 0 Å². The molecule has 2 heteroatoms. The first kappa shape index (κ1) is 14.8. The van der Waals surface area contributed by atoms with E-state index >= 15 is 0 Å². The Balaban J connectivity index is 1.85. The van der Waals surface area contributed by atoms with Crippen LogP contribution < -0.4 is 5.32 Å². The molecule has 1 N–H and O–H groups in total. The third-order valence-corrected chi connectivity index (χ3v) is 5.08. The van der Waals surface area contributed by atoms with Gasteiger partial charge in [0.25, 0.3) is 0 Å². The zero-order chi connectivity index (χ0) is 14.7. The average molecular weight is 344 g/mol. The van der Waals surface area contributed by atoms with Crippen molar-refractivity contribution in [1.29, 1.82) is 0 Å². The van der Waals surface area contributed by atoms with Gasteiger partial charge in [-0.15, -0.1) is 0 Å². The molecule has 1 nitrogen and oxygen atoms in total. The van der Waals surface area contributed by atoms with Gasteiger partial charge in [0.1, 0.15) is 0 Å². The molecule has 0 aliphatic heterocycles. The highest BCUT2D eigenvalue weighted by atomic mass is 79.9. The van der Waals surface area contributed by atoms with Crippen LogP contribution >= 0.6 is 15.9 Å². The Morgan fingerprint density at radius 1 is 1.10 bits per heavy atom. The van der Waals surface area contributed by atoms with E-state index in [0.717, 1.165) is 13.0 Å². The summed E-state index contributed by atoms with van der Waals surface area (Å²) in [5.74, 6) is 0. The molecule has 0 amide bonds. The standard InChI is InChI=1S/C19H22BrN/c1-2-21-18(14-15-7-6-10-17(20)13-15)19(11-12-19)16-8-4-3-5-9-16/h3-10,13,18,21H,2,11-12,14H2,1H3. The second kappa shape index (κ2) is 6.33. The van der Waals surface area contributed by atoms with E-state index in [2.05, 4.69) is 82.8 Å². The molecule has 0 bridgehead atoms. The molecule has 2 aromatic carbocycles. The Morgan fingerprint density at radius 3 is 2.48 bits per heavy atom. The van der Waals surface area contributed by atoms with Crippen molar-refractivity contribution < 1.29 is 0 Å². The number of likely N-dealkylation sites (N-methyl/N-ethyl adjacent to an activating group) is 1. The van der Waals surface area contributed by atoms with Crippen LogP contribution in [0.4, 0.5) is 0 Å². The zero-order valence-electron chi connectivity index (χ0n) is 12.5. The lowest BCUT2D eigenvalue weighted by Gasteiger charge is -2.28. The highest BCUT2D eigenvalue weighted by Crippen LogP contribution is 2.51. The van der Waals surface area contributed by atoms with Crippen LogP contribution in [0.3, 0.4) is 0 Å². The Labute approximate surface area is 135 Å². The molecule has 2 aromatic rings. The minimum Gasteiger partial charge on any atom is -0.313 e. The predicted octanol–water partition coefficient (Wildman–Crippen LogP) is 4.70. The van der Waals surface area contributed by atoms with Crippen LogP contribution in [-0.4, -0.2) is 12.6 Å². The molecular weight excluding hydrogens is 322 g/mol. The van der Waals surface area contributed by atoms with Gasteiger partial charge in [0.2, 0.25) is 0 Å². The van der Waals surface area contributed by atoms with E-state index in [-0.39, 0.29) is 0 Å². The Morgan fingerprint density at radius 2 is 1.86 bits per heavy atom. The maximum Gasteiger partial charge on any atom is 0.0204 e. The van der Waals surface area contributed by atoms with Crippen LogP contribution in [0.5, 0.6) is 0 Å². The lowest BCUT2D eigenvalue weighted by atomic mass is 9.84. The maximum absolute atomic E-state index is 3.74. The molecule has 110 valence electrons. The summed E-state index contributed by atoms with van der Waals surface area (Å²) in [5.41, 5.74) is 3.23. The molecule has 1 aliphatic carbocycles. The first-order chi connectivity index (χ1) is 10.2. The van der Waals surface area contributed by atoms with Crippen molar-refractivity contribution in [2.24, 2.45) is 0 Å². The summed E-state index contributed by atoms with van der Waals surface area (Å²) in [7, 11) is 0. The van der Waals surface area contributed by atoms with Crippen LogP contribution in [0, 0.1) is 0 Å². The maximum atomic E-state index is 3.74. The van der Waals surface area contributed by atoms with Crippen LogP contribution in [0.25, 0.3) is 0 Å². The molecule has 0 aromatic heterocycles. The molecule has 1 fully saturated rings. The van der Waals surface area contributed by atoms with Gasteiger partial charge >= 0.3 is 0 Å². The highest BCUT2D eigenvalue weighted by Gasteiger charge is 2.50. The van der Waals surface area contributed by atoms with Gasteiger partial charge in [0, 0.05) is 15.9 Å². The zero-order valence-corrected chi connectivity index (χ0v) is 14.1. The van der Waals surface area contributed by atoms with Crippen molar-refractivity contribution in [3.05, 3.63) is 70.2 Å². The summed E-state index contributed by atoms with van der Waals surface area (Å²) in [5, 5.41) is 3.74.